The zero-order chi connectivity index (χ0) is 23.2. The summed E-state index contributed by atoms with van der Waals surface area (Å²) < 4.78 is 11.9. The van der Waals surface area contributed by atoms with Crippen molar-refractivity contribution in [2.24, 2.45) is 0 Å². The van der Waals surface area contributed by atoms with E-state index in [4.69, 9.17) is 9.47 Å². The van der Waals surface area contributed by atoms with Crippen molar-refractivity contribution in [1.82, 2.24) is 0 Å². The third-order valence-corrected chi connectivity index (χ3v) is 4.83. The molecule has 164 valence electrons. The van der Waals surface area contributed by atoms with E-state index in [2.05, 4.69) is 0 Å². The number of nitrogens with zero attached hydrogens (tertiary/aromatic N) is 2. The number of nitro groups is 2. The lowest BCUT2D eigenvalue weighted by Gasteiger charge is -2.14. The summed E-state index contributed by atoms with van der Waals surface area (Å²) in [6, 6.07) is 26.9. The number of benzene rings is 4. The zero-order valence-electron chi connectivity index (χ0n) is 17.3. The molecule has 0 spiro atoms. The van der Waals surface area contributed by atoms with E-state index in [1.165, 1.54) is 48.5 Å². The predicted octanol–water partition coefficient (Wildman–Crippen LogP) is 6.68. The number of ether oxygens (including phenoxy) is 2. The molecule has 33 heavy (non-hydrogen) atoms. The first kappa shape index (κ1) is 21.5. The average Bonchev–Trinajstić information content (AvgIpc) is 2.82. The molecule has 8 heteroatoms. The average molecular weight is 442 g/mol. The van der Waals surface area contributed by atoms with Crippen LogP contribution in [0.25, 0.3) is 0 Å². The van der Waals surface area contributed by atoms with Crippen molar-refractivity contribution in [3.05, 3.63) is 128 Å². The van der Waals surface area contributed by atoms with Gasteiger partial charge < -0.3 is 9.47 Å². The molecule has 0 radical (unpaired) electrons. The molecule has 0 aliphatic heterocycles. The van der Waals surface area contributed by atoms with E-state index in [0.29, 0.717) is 29.4 Å². The molecule has 0 N–H and O–H groups in total. The Kier molecular flexibility index (Phi) is 6.26. The molecule has 8 nitrogen and oxygen atoms in total. The van der Waals surface area contributed by atoms with Gasteiger partial charge >= 0.3 is 0 Å². The summed E-state index contributed by atoms with van der Waals surface area (Å²) in [4.78, 5) is 20.8. The van der Waals surface area contributed by atoms with E-state index in [-0.39, 0.29) is 11.4 Å². The van der Waals surface area contributed by atoms with Crippen molar-refractivity contribution in [2.45, 2.75) is 6.42 Å². The number of nitro benzene ring substituents is 2. The molecule has 4 aromatic rings. The molecule has 4 aromatic carbocycles. The lowest BCUT2D eigenvalue weighted by molar-refractivity contribution is -0.385. The zero-order valence-corrected chi connectivity index (χ0v) is 17.3. The van der Waals surface area contributed by atoms with Gasteiger partial charge in [0.15, 0.2) is 0 Å². The topological polar surface area (TPSA) is 105 Å². The Morgan fingerprint density at radius 2 is 1.12 bits per heavy atom. The summed E-state index contributed by atoms with van der Waals surface area (Å²) in [5.41, 5.74) is 1.94. The van der Waals surface area contributed by atoms with Gasteiger partial charge in [-0.2, -0.15) is 0 Å². The molecule has 4 rings (SSSR count). The van der Waals surface area contributed by atoms with Crippen LogP contribution in [0.4, 0.5) is 11.4 Å². The first-order valence-electron chi connectivity index (χ1n) is 9.99. The molecule has 0 fully saturated rings. The second kappa shape index (κ2) is 9.61. The van der Waals surface area contributed by atoms with Crippen LogP contribution in [0.15, 0.2) is 97.1 Å². The standard InChI is InChI=1S/C25H18N2O6/c28-26(29)20-7-12-22(13-8-20)32-24-11-6-19(16-18-4-2-1-3-5-18)25(17-24)33-23-14-9-21(10-15-23)27(30)31/h1-15,17H,16H2. The summed E-state index contributed by atoms with van der Waals surface area (Å²) in [5.74, 6) is 1.91. The van der Waals surface area contributed by atoms with Crippen LogP contribution in [-0.4, -0.2) is 9.85 Å². The van der Waals surface area contributed by atoms with E-state index in [1.54, 1.807) is 12.1 Å². The highest BCUT2D eigenvalue weighted by Crippen LogP contribution is 2.34. The van der Waals surface area contributed by atoms with E-state index < -0.39 is 9.85 Å². The Hall–Kier alpha value is -4.72. The Morgan fingerprint density at radius 3 is 1.67 bits per heavy atom. The number of non-ortho nitro benzene ring substituents is 2. The summed E-state index contributed by atoms with van der Waals surface area (Å²) >= 11 is 0. The Morgan fingerprint density at radius 1 is 0.606 bits per heavy atom. The van der Waals surface area contributed by atoms with Gasteiger partial charge in [0.2, 0.25) is 0 Å². The fourth-order valence-corrected chi connectivity index (χ4v) is 3.19. The van der Waals surface area contributed by atoms with Crippen molar-refractivity contribution >= 4 is 11.4 Å². The molecule has 0 aliphatic carbocycles. The molecular weight excluding hydrogens is 424 g/mol. The number of rotatable bonds is 8. The van der Waals surface area contributed by atoms with Gasteiger partial charge in [-0.25, -0.2) is 0 Å². The van der Waals surface area contributed by atoms with Crippen molar-refractivity contribution in [3.8, 4) is 23.0 Å². The van der Waals surface area contributed by atoms with E-state index in [0.717, 1.165) is 11.1 Å². The van der Waals surface area contributed by atoms with E-state index in [1.807, 2.05) is 36.4 Å². The lowest BCUT2D eigenvalue weighted by atomic mass is 10.0. The third-order valence-electron chi connectivity index (χ3n) is 4.83. The molecular formula is C25H18N2O6. The van der Waals surface area contributed by atoms with Crippen LogP contribution in [-0.2, 0) is 6.42 Å². The quantitative estimate of drug-likeness (QED) is 0.223. The van der Waals surface area contributed by atoms with Gasteiger partial charge in [0.1, 0.15) is 23.0 Å². The summed E-state index contributed by atoms with van der Waals surface area (Å²) in [7, 11) is 0. The molecule has 0 saturated heterocycles. The van der Waals surface area contributed by atoms with Crippen molar-refractivity contribution in [2.75, 3.05) is 0 Å². The van der Waals surface area contributed by atoms with Crippen LogP contribution >= 0.6 is 0 Å². The van der Waals surface area contributed by atoms with Crippen LogP contribution in [0.1, 0.15) is 11.1 Å². The van der Waals surface area contributed by atoms with Gasteiger partial charge in [0.05, 0.1) is 9.85 Å². The highest BCUT2D eigenvalue weighted by molar-refractivity contribution is 5.48. The molecule has 0 amide bonds. The Labute approximate surface area is 189 Å². The molecule has 0 saturated carbocycles. The molecule has 0 unspecified atom stereocenters. The van der Waals surface area contributed by atoms with Crippen molar-refractivity contribution < 1.29 is 19.3 Å². The van der Waals surface area contributed by atoms with Crippen molar-refractivity contribution in [3.63, 3.8) is 0 Å². The van der Waals surface area contributed by atoms with E-state index >= 15 is 0 Å². The maximum Gasteiger partial charge on any atom is 0.269 e. The normalized spacial score (nSPS) is 10.4. The first-order valence-corrected chi connectivity index (χ1v) is 9.99. The maximum absolute atomic E-state index is 10.9. The Bertz CT molecular complexity index is 1270. The third kappa shape index (κ3) is 5.50. The molecule has 0 atom stereocenters. The molecule has 0 aromatic heterocycles. The Balaban J connectivity index is 1.62. The van der Waals surface area contributed by atoms with E-state index in [9.17, 15) is 20.2 Å². The predicted molar refractivity (Wildman–Crippen MR) is 122 cm³/mol. The number of hydrogen-bond donors (Lipinski definition) is 0. The van der Waals surface area contributed by atoms with Crippen LogP contribution in [0.3, 0.4) is 0 Å². The molecule has 0 bridgehead atoms. The molecule has 0 heterocycles. The maximum atomic E-state index is 10.9. The van der Waals surface area contributed by atoms with Gasteiger partial charge in [-0.15, -0.1) is 0 Å². The highest BCUT2D eigenvalue weighted by Gasteiger charge is 2.12. The second-order valence-electron chi connectivity index (χ2n) is 7.14. The minimum Gasteiger partial charge on any atom is -0.457 e. The van der Waals surface area contributed by atoms with Gasteiger partial charge in [-0.05, 0) is 41.5 Å². The second-order valence-corrected chi connectivity index (χ2v) is 7.14. The lowest BCUT2D eigenvalue weighted by Crippen LogP contribution is -1.96. The molecule has 0 aliphatic rings. The minimum atomic E-state index is -0.474. The summed E-state index contributed by atoms with van der Waals surface area (Å²) in [6.45, 7) is 0. The summed E-state index contributed by atoms with van der Waals surface area (Å²) in [6.07, 6.45) is 0.612. The number of hydrogen-bond acceptors (Lipinski definition) is 6. The fourth-order valence-electron chi connectivity index (χ4n) is 3.19. The van der Waals surface area contributed by atoms with Crippen LogP contribution in [0, 0.1) is 20.2 Å². The van der Waals surface area contributed by atoms with Crippen LogP contribution < -0.4 is 9.47 Å². The fraction of sp³-hybridized carbons (Fsp3) is 0.0400. The van der Waals surface area contributed by atoms with Crippen molar-refractivity contribution in [1.29, 1.82) is 0 Å². The smallest absolute Gasteiger partial charge is 0.269 e. The minimum absolute atomic E-state index is 0.0252. The van der Waals surface area contributed by atoms with Crippen LogP contribution in [0.2, 0.25) is 0 Å². The van der Waals surface area contributed by atoms with Gasteiger partial charge in [-0.3, -0.25) is 20.2 Å². The van der Waals surface area contributed by atoms with Gasteiger partial charge in [-0.1, -0.05) is 36.4 Å². The monoisotopic (exact) mass is 442 g/mol. The summed E-state index contributed by atoms with van der Waals surface area (Å²) in [5, 5.41) is 21.8. The first-order chi connectivity index (χ1) is 16.0. The van der Waals surface area contributed by atoms with Gasteiger partial charge in [0, 0.05) is 36.8 Å². The van der Waals surface area contributed by atoms with Gasteiger partial charge in [0.25, 0.3) is 11.4 Å². The van der Waals surface area contributed by atoms with Crippen LogP contribution in [0.5, 0.6) is 23.0 Å². The SMILES string of the molecule is O=[N+]([O-])c1ccc(Oc2ccc(Cc3ccccc3)c(Oc3ccc([N+](=O)[O-])cc3)c2)cc1. The highest BCUT2D eigenvalue weighted by atomic mass is 16.6. The largest absolute Gasteiger partial charge is 0.457 e.